The van der Waals surface area contributed by atoms with Crippen LogP contribution in [0.1, 0.15) is 37.0 Å². The predicted octanol–water partition coefficient (Wildman–Crippen LogP) is 5.74. The molecule has 2 heterocycles. The molecule has 0 bridgehead atoms. The van der Waals surface area contributed by atoms with Crippen LogP contribution in [-0.2, 0) is 16.1 Å². The fraction of sp³-hybridized carbons (Fsp3) is 0.346. The van der Waals surface area contributed by atoms with Gasteiger partial charge in [0.05, 0.1) is 14.2 Å². The Hall–Kier alpha value is -3.09. The summed E-state index contributed by atoms with van der Waals surface area (Å²) in [5, 5.41) is 15.1. The third kappa shape index (κ3) is 4.04. The summed E-state index contributed by atoms with van der Waals surface area (Å²) in [5.41, 5.74) is 4.54. The van der Waals surface area contributed by atoms with Crippen LogP contribution in [0.25, 0.3) is 16.6 Å². The lowest BCUT2D eigenvalue weighted by Crippen LogP contribution is -2.54. The summed E-state index contributed by atoms with van der Waals surface area (Å²) >= 11 is 0. The number of aromatic amines is 1. The molecule has 1 aliphatic heterocycles. The maximum Gasteiger partial charge on any atom is 0.319 e. The molecule has 2 atom stereocenters. The lowest BCUT2D eigenvalue weighted by atomic mass is 9.99. The molecule has 1 aliphatic rings. The molecule has 0 radical (unpaired) electrons. The smallest absolute Gasteiger partial charge is 0.319 e. The first-order valence-corrected chi connectivity index (χ1v) is 11.0. The number of nitrogens with zero attached hydrogens (tertiary/aromatic N) is 2. The largest absolute Gasteiger partial charge is 0.625 e. The standard InChI is InChI=1S/C26H31N3O3/c1-17(2)14-22-25(32-16-19-11-7-6-8-12-19)28-24(26(31-5)29(22,4)30)21-15-27-23-18(3)10-9-13-20(21)23/h6-13,15,17,22,27H,14,16H2,1-5H3. The van der Waals surface area contributed by atoms with Gasteiger partial charge in [0.1, 0.15) is 6.61 Å². The third-order valence-electron chi connectivity index (χ3n) is 6.00. The van der Waals surface area contributed by atoms with Crippen LogP contribution >= 0.6 is 0 Å². The van der Waals surface area contributed by atoms with Gasteiger partial charge in [-0.1, -0.05) is 62.4 Å². The van der Waals surface area contributed by atoms with E-state index in [1.165, 1.54) is 0 Å². The molecule has 2 aromatic carbocycles. The highest BCUT2D eigenvalue weighted by molar-refractivity contribution is 5.98. The second-order valence-electron chi connectivity index (χ2n) is 8.92. The first kappa shape index (κ1) is 22.1. The van der Waals surface area contributed by atoms with Gasteiger partial charge in [-0.2, -0.15) is 0 Å². The number of benzene rings is 2. The minimum Gasteiger partial charge on any atom is -0.625 e. The number of ether oxygens (including phenoxy) is 2. The predicted molar refractivity (Wildman–Crippen MR) is 128 cm³/mol. The zero-order valence-corrected chi connectivity index (χ0v) is 19.4. The summed E-state index contributed by atoms with van der Waals surface area (Å²) < 4.78 is 11.2. The number of H-pyrrole nitrogens is 1. The van der Waals surface area contributed by atoms with E-state index in [0.29, 0.717) is 36.4 Å². The fourth-order valence-electron chi connectivity index (χ4n) is 4.36. The Labute approximate surface area is 189 Å². The van der Waals surface area contributed by atoms with Crippen molar-refractivity contribution in [1.82, 2.24) is 4.98 Å². The van der Waals surface area contributed by atoms with Gasteiger partial charge in [-0.05, 0) is 24.0 Å². The average Bonchev–Trinajstić information content (AvgIpc) is 3.20. The first-order valence-electron chi connectivity index (χ1n) is 11.0. The Morgan fingerprint density at radius 2 is 1.88 bits per heavy atom. The van der Waals surface area contributed by atoms with Gasteiger partial charge in [0.15, 0.2) is 11.7 Å². The van der Waals surface area contributed by atoms with Gasteiger partial charge in [-0.25, -0.2) is 4.99 Å². The van der Waals surface area contributed by atoms with Crippen LogP contribution in [0, 0.1) is 18.0 Å². The topological polar surface area (TPSA) is 69.7 Å². The van der Waals surface area contributed by atoms with Crippen LogP contribution < -0.4 is 0 Å². The Morgan fingerprint density at radius 1 is 1.12 bits per heavy atom. The van der Waals surface area contributed by atoms with E-state index < -0.39 is 10.7 Å². The Balaban J connectivity index is 1.83. The van der Waals surface area contributed by atoms with Crippen molar-refractivity contribution < 1.29 is 14.1 Å². The van der Waals surface area contributed by atoms with Crippen molar-refractivity contribution in [1.29, 1.82) is 0 Å². The summed E-state index contributed by atoms with van der Waals surface area (Å²) in [4.78, 5) is 8.25. The summed E-state index contributed by atoms with van der Waals surface area (Å²) in [6.45, 7) is 6.61. The highest BCUT2D eigenvalue weighted by atomic mass is 16.6. The number of aryl methyl sites for hydroxylation is 1. The lowest BCUT2D eigenvalue weighted by Gasteiger charge is -2.47. The van der Waals surface area contributed by atoms with Crippen molar-refractivity contribution in [3.05, 3.63) is 82.5 Å². The van der Waals surface area contributed by atoms with Crippen molar-refractivity contribution in [2.24, 2.45) is 10.9 Å². The molecule has 3 aromatic rings. The number of hydroxylamine groups is 3. The van der Waals surface area contributed by atoms with Gasteiger partial charge < -0.3 is 19.7 Å². The van der Waals surface area contributed by atoms with Gasteiger partial charge in [0.25, 0.3) is 5.90 Å². The van der Waals surface area contributed by atoms with Crippen molar-refractivity contribution in [3.8, 4) is 0 Å². The van der Waals surface area contributed by atoms with E-state index >= 15 is 0 Å². The molecular formula is C26H31N3O3. The van der Waals surface area contributed by atoms with E-state index in [1.54, 1.807) is 14.2 Å². The van der Waals surface area contributed by atoms with Gasteiger partial charge in [0.2, 0.25) is 0 Å². The molecule has 6 heteroatoms. The molecule has 4 rings (SSSR count). The minimum absolute atomic E-state index is 0.296. The number of para-hydroxylation sites is 1. The quantitative estimate of drug-likeness (QED) is 0.398. The third-order valence-corrected chi connectivity index (χ3v) is 6.00. The SMILES string of the molecule is COC1=C(c2c[nH]c3c(C)cccc23)N=C(OCc2ccccc2)C(CC(C)C)[N+]1(C)[O-]. The summed E-state index contributed by atoms with van der Waals surface area (Å²) in [6, 6.07) is 15.5. The molecule has 6 nitrogen and oxygen atoms in total. The Bertz CT molecular complexity index is 1160. The molecule has 1 N–H and O–H groups in total. The van der Waals surface area contributed by atoms with Gasteiger partial charge >= 0.3 is 5.88 Å². The van der Waals surface area contributed by atoms with Crippen LogP contribution in [0.2, 0.25) is 0 Å². The summed E-state index contributed by atoms with van der Waals surface area (Å²) in [6.07, 6.45) is 2.54. The van der Waals surface area contributed by atoms with E-state index in [4.69, 9.17) is 14.5 Å². The monoisotopic (exact) mass is 433 g/mol. The highest BCUT2D eigenvalue weighted by Crippen LogP contribution is 2.39. The number of aromatic nitrogens is 1. The molecule has 0 spiro atoms. The maximum atomic E-state index is 14.1. The second-order valence-corrected chi connectivity index (χ2v) is 8.92. The molecule has 0 amide bonds. The zero-order valence-electron chi connectivity index (χ0n) is 19.4. The molecule has 168 valence electrons. The molecule has 32 heavy (non-hydrogen) atoms. The van der Waals surface area contributed by atoms with E-state index in [9.17, 15) is 5.21 Å². The van der Waals surface area contributed by atoms with E-state index in [1.807, 2.05) is 48.7 Å². The first-order chi connectivity index (χ1) is 15.3. The number of rotatable bonds is 6. The van der Waals surface area contributed by atoms with E-state index in [0.717, 1.165) is 27.6 Å². The second kappa shape index (κ2) is 8.81. The van der Waals surface area contributed by atoms with Gasteiger partial charge in [0, 0.05) is 29.1 Å². The number of hydrogen-bond acceptors (Lipinski definition) is 4. The number of methoxy groups -OCH3 is 1. The molecule has 0 fully saturated rings. The molecule has 0 saturated carbocycles. The number of fused-ring (bicyclic) bond motifs is 1. The zero-order chi connectivity index (χ0) is 22.9. The van der Waals surface area contributed by atoms with Crippen molar-refractivity contribution in [2.75, 3.05) is 14.2 Å². The molecule has 0 aliphatic carbocycles. The van der Waals surface area contributed by atoms with Gasteiger partial charge in [-0.3, -0.25) is 4.65 Å². The highest BCUT2D eigenvalue weighted by Gasteiger charge is 2.43. The van der Waals surface area contributed by atoms with Crippen LogP contribution in [0.3, 0.4) is 0 Å². The summed E-state index contributed by atoms with van der Waals surface area (Å²) in [7, 11) is 3.17. The minimum atomic E-state index is -0.698. The number of hydrogen-bond donors (Lipinski definition) is 1. The Kier molecular flexibility index (Phi) is 6.09. The van der Waals surface area contributed by atoms with Crippen molar-refractivity contribution >= 4 is 22.5 Å². The van der Waals surface area contributed by atoms with Gasteiger partial charge in [-0.15, -0.1) is 0 Å². The molecule has 2 unspecified atom stereocenters. The van der Waals surface area contributed by atoms with E-state index in [2.05, 4.69) is 31.8 Å². The van der Waals surface area contributed by atoms with Crippen LogP contribution in [0.15, 0.2) is 65.6 Å². The molecule has 0 saturated heterocycles. The lowest BCUT2D eigenvalue weighted by molar-refractivity contribution is -0.855. The van der Waals surface area contributed by atoms with Crippen LogP contribution in [0.4, 0.5) is 0 Å². The number of quaternary nitrogens is 1. The van der Waals surface area contributed by atoms with E-state index in [-0.39, 0.29) is 0 Å². The van der Waals surface area contributed by atoms with Crippen molar-refractivity contribution in [3.63, 3.8) is 0 Å². The number of aliphatic imine (C=N–C) groups is 1. The van der Waals surface area contributed by atoms with Crippen molar-refractivity contribution in [2.45, 2.75) is 39.8 Å². The molecule has 1 aromatic heterocycles. The number of nitrogens with one attached hydrogen (secondary N) is 1. The fourth-order valence-corrected chi connectivity index (χ4v) is 4.36. The average molecular weight is 434 g/mol. The van der Waals surface area contributed by atoms with Crippen LogP contribution in [0.5, 0.6) is 0 Å². The molecular weight excluding hydrogens is 402 g/mol. The summed E-state index contributed by atoms with van der Waals surface area (Å²) in [5.74, 6) is 1.05. The maximum absolute atomic E-state index is 14.1. The normalized spacial score (nSPS) is 21.2. The van der Waals surface area contributed by atoms with Crippen LogP contribution in [-0.4, -0.2) is 35.7 Å². The Morgan fingerprint density at radius 3 is 2.56 bits per heavy atom. The number of likely N-dealkylation sites (N-methyl/N-ethyl adjacent to an activating group) is 1.